The SMILES string of the molecule is Cc1ccc(C)c(NC(=O)c2cc(S(=O)(=O)N3CCCC3)ccc2Cl)c1. The molecule has 2 aromatic carbocycles. The van der Waals surface area contributed by atoms with Crippen molar-refractivity contribution in [2.45, 2.75) is 31.6 Å². The maximum absolute atomic E-state index is 12.7. The fourth-order valence-corrected chi connectivity index (χ4v) is 4.72. The van der Waals surface area contributed by atoms with E-state index < -0.39 is 15.9 Å². The molecule has 1 amide bonds. The maximum atomic E-state index is 12.7. The number of benzene rings is 2. The second-order valence-electron chi connectivity index (χ2n) is 6.53. The lowest BCUT2D eigenvalue weighted by Gasteiger charge is -2.16. The minimum Gasteiger partial charge on any atom is -0.322 e. The number of nitrogens with one attached hydrogen (secondary N) is 1. The van der Waals surface area contributed by atoms with Gasteiger partial charge in [-0.3, -0.25) is 4.79 Å². The molecule has 0 bridgehead atoms. The number of carbonyl (C=O) groups excluding carboxylic acids is 1. The highest BCUT2D eigenvalue weighted by atomic mass is 35.5. The number of nitrogens with zero attached hydrogens (tertiary/aromatic N) is 1. The van der Waals surface area contributed by atoms with Gasteiger partial charge in [0.15, 0.2) is 0 Å². The predicted octanol–water partition coefficient (Wildman–Crippen LogP) is 3.99. The molecule has 2 aromatic rings. The summed E-state index contributed by atoms with van der Waals surface area (Å²) in [6, 6.07) is 10.0. The van der Waals surface area contributed by atoms with Gasteiger partial charge in [0.25, 0.3) is 5.91 Å². The molecule has 1 aliphatic rings. The number of sulfonamides is 1. The van der Waals surface area contributed by atoms with E-state index >= 15 is 0 Å². The molecule has 138 valence electrons. The monoisotopic (exact) mass is 392 g/mol. The summed E-state index contributed by atoms with van der Waals surface area (Å²) in [5, 5.41) is 3.04. The fraction of sp³-hybridized carbons (Fsp3) is 0.316. The summed E-state index contributed by atoms with van der Waals surface area (Å²) in [5.41, 5.74) is 2.76. The lowest BCUT2D eigenvalue weighted by Crippen LogP contribution is -2.28. The Morgan fingerprint density at radius 2 is 1.77 bits per heavy atom. The first-order chi connectivity index (χ1) is 12.3. The van der Waals surface area contributed by atoms with Crippen LogP contribution in [0.1, 0.15) is 34.3 Å². The first-order valence-electron chi connectivity index (χ1n) is 8.47. The number of hydrogen-bond acceptors (Lipinski definition) is 3. The van der Waals surface area contributed by atoms with Crippen molar-refractivity contribution < 1.29 is 13.2 Å². The van der Waals surface area contributed by atoms with Crippen molar-refractivity contribution in [1.29, 1.82) is 0 Å². The molecule has 7 heteroatoms. The zero-order valence-electron chi connectivity index (χ0n) is 14.8. The molecule has 0 aliphatic carbocycles. The summed E-state index contributed by atoms with van der Waals surface area (Å²) in [6.07, 6.45) is 1.71. The first-order valence-corrected chi connectivity index (χ1v) is 10.3. The smallest absolute Gasteiger partial charge is 0.257 e. The van der Waals surface area contributed by atoms with Crippen molar-refractivity contribution >= 4 is 33.2 Å². The van der Waals surface area contributed by atoms with Gasteiger partial charge in [0.1, 0.15) is 0 Å². The van der Waals surface area contributed by atoms with Crippen molar-refractivity contribution in [2.24, 2.45) is 0 Å². The Bertz CT molecular complexity index is 951. The van der Waals surface area contributed by atoms with E-state index in [1.807, 2.05) is 32.0 Å². The van der Waals surface area contributed by atoms with Gasteiger partial charge in [0.2, 0.25) is 10.0 Å². The summed E-state index contributed by atoms with van der Waals surface area (Å²) >= 11 is 6.17. The highest BCUT2D eigenvalue weighted by Gasteiger charge is 2.28. The molecule has 0 saturated carbocycles. The average Bonchev–Trinajstić information content (AvgIpc) is 3.13. The Morgan fingerprint density at radius 1 is 1.08 bits per heavy atom. The fourth-order valence-electron chi connectivity index (χ4n) is 2.98. The number of anilines is 1. The summed E-state index contributed by atoms with van der Waals surface area (Å²) in [7, 11) is -3.60. The lowest BCUT2D eigenvalue weighted by atomic mass is 10.1. The molecular formula is C19H21ClN2O3S. The van der Waals surface area contributed by atoms with Crippen LogP contribution >= 0.6 is 11.6 Å². The third kappa shape index (κ3) is 3.77. The molecule has 0 radical (unpaired) electrons. The van der Waals surface area contributed by atoms with Crippen LogP contribution in [0.4, 0.5) is 5.69 Å². The zero-order chi connectivity index (χ0) is 18.9. The molecular weight excluding hydrogens is 372 g/mol. The lowest BCUT2D eigenvalue weighted by molar-refractivity contribution is 0.102. The van der Waals surface area contributed by atoms with Gasteiger partial charge >= 0.3 is 0 Å². The molecule has 1 heterocycles. The maximum Gasteiger partial charge on any atom is 0.257 e. The molecule has 26 heavy (non-hydrogen) atoms. The molecule has 0 spiro atoms. The Hall–Kier alpha value is -1.89. The molecule has 1 N–H and O–H groups in total. The van der Waals surface area contributed by atoms with Gasteiger partial charge in [-0.25, -0.2) is 8.42 Å². The van der Waals surface area contributed by atoms with Crippen LogP contribution in [0.15, 0.2) is 41.3 Å². The van der Waals surface area contributed by atoms with E-state index in [1.165, 1.54) is 22.5 Å². The van der Waals surface area contributed by atoms with Crippen LogP contribution in [0, 0.1) is 13.8 Å². The molecule has 5 nitrogen and oxygen atoms in total. The van der Waals surface area contributed by atoms with E-state index in [2.05, 4.69) is 5.32 Å². The highest BCUT2D eigenvalue weighted by Crippen LogP contribution is 2.26. The van der Waals surface area contributed by atoms with E-state index in [0.29, 0.717) is 18.8 Å². The van der Waals surface area contributed by atoms with E-state index in [1.54, 1.807) is 0 Å². The number of halogens is 1. The minimum atomic E-state index is -3.60. The van der Waals surface area contributed by atoms with E-state index in [4.69, 9.17) is 11.6 Å². The van der Waals surface area contributed by atoms with Crippen molar-refractivity contribution in [3.8, 4) is 0 Å². The van der Waals surface area contributed by atoms with E-state index in [9.17, 15) is 13.2 Å². The number of amides is 1. The van der Waals surface area contributed by atoms with Gasteiger partial charge < -0.3 is 5.32 Å². The van der Waals surface area contributed by atoms with Crippen LogP contribution in [0.3, 0.4) is 0 Å². The molecule has 0 atom stereocenters. The Balaban J connectivity index is 1.92. The van der Waals surface area contributed by atoms with Gasteiger partial charge in [-0.15, -0.1) is 0 Å². The summed E-state index contributed by atoms with van der Waals surface area (Å²) in [6.45, 7) is 4.85. The van der Waals surface area contributed by atoms with Crippen molar-refractivity contribution in [2.75, 3.05) is 18.4 Å². The van der Waals surface area contributed by atoms with Crippen LogP contribution < -0.4 is 5.32 Å². The second kappa shape index (κ2) is 7.39. The standard InChI is InChI=1S/C19H21ClN2O3S/c1-13-5-6-14(2)18(11-13)21-19(23)16-12-15(7-8-17(16)20)26(24,25)22-9-3-4-10-22/h5-8,11-12H,3-4,9-10H2,1-2H3,(H,21,23). The number of aryl methyl sites for hydroxylation is 2. The summed E-state index contributed by atoms with van der Waals surface area (Å²) in [5.74, 6) is -0.429. The van der Waals surface area contributed by atoms with Crippen LogP contribution in [-0.4, -0.2) is 31.7 Å². The summed E-state index contributed by atoms with van der Waals surface area (Å²) in [4.78, 5) is 12.8. The van der Waals surface area contributed by atoms with Crippen molar-refractivity contribution in [3.63, 3.8) is 0 Å². The number of rotatable bonds is 4. The van der Waals surface area contributed by atoms with E-state index in [0.717, 1.165) is 24.0 Å². The van der Waals surface area contributed by atoms with Crippen LogP contribution in [0.25, 0.3) is 0 Å². The number of hydrogen-bond donors (Lipinski definition) is 1. The second-order valence-corrected chi connectivity index (χ2v) is 8.87. The minimum absolute atomic E-state index is 0.0925. The molecule has 1 saturated heterocycles. The molecule has 0 unspecified atom stereocenters. The van der Waals surface area contributed by atoms with Gasteiger partial charge in [-0.2, -0.15) is 4.31 Å². The Kier molecular flexibility index (Phi) is 5.37. The van der Waals surface area contributed by atoms with Crippen molar-refractivity contribution in [3.05, 3.63) is 58.1 Å². The van der Waals surface area contributed by atoms with Gasteiger partial charge in [0, 0.05) is 18.8 Å². The zero-order valence-corrected chi connectivity index (χ0v) is 16.3. The number of carbonyl (C=O) groups is 1. The Morgan fingerprint density at radius 3 is 2.46 bits per heavy atom. The average molecular weight is 393 g/mol. The normalized spacial score (nSPS) is 15.2. The summed E-state index contributed by atoms with van der Waals surface area (Å²) < 4.78 is 26.9. The highest BCUT2D eigenvalue weighted by molar-refractivity contribution is 7.89. The van der Waals surface area contributed by atoms with Crippen LogP contribution in [-0.2, 0) is 10.0 Å². The molecule has 3 rings (SSSR count). The first kappa shape index (κ1) is 18.9. The molecule has 1 fully saturated rings. The largest absolute Gasteiger partial charge is 0.322 e. The molecule has 1 aliphatic heterocycles. The third-order valence-corrected chi connectivity index (χ3v) is 6.75. The topological polar surface area (TPSA) is 66.5 Å². The third-order valence-electron chi connectivity index (χ3n) is 4.53. The van der Waals surface area contributed by atoms with Crippen LogP contribution in [0.2, 0.25) is 5.02 Å². The van der Waals surface area contributed by atoms with Crippen molar-refractivity contribution in [1.82, 2.24) is 4.31 Å². The quantitative estimate of drug-likeness (QED) is 0.855. The van der Waals surface area contributed by atoms with Crippen LogP contribution in [0.5, 0.6) is 0 Å². The van der Waals surface area contributed by atoms with Gasteiger partial charge in [-0.05, 0) is 62.1 Å². The van der Waals surface area contributed by atoms with Gasteiger partial charge in [-0.1, -0.05) is 23.7 Å². The van der Waals surface area contributed by atoms with E-state index in [-0.39, 0.29) is 15.5 Å². The Labute approximate surface area is 159 Å². The predicted molar refractivity (Wildman–Crippen MR) is 103 cm³/mol. The van der Waals surface area contributed by atoms with Gasteiger partial charge in [0.05, 0.1) is 15.5 Å². The molecule has 0 aromatic heterocycles.